The molecule has 0 radical (unpaired) electrons. The zero-order chi connectivity index (χ0) is 36.4. The van der Waals surface area contributed by atoms with Gasteiger partial charge in [-0.1, -0.05) is 18.6 Å². The predicted molar refractivity (Wildman–Crippen MR) is 205 cm³/mol. The fourth-order valence-corrected chi connectivity index (χ4v) is 10.2. The van der Waals surface area contributed by atoms with Crippen LogP contribution in [0.5, 0.6) is 0 Å². The standard InChI is InChI=1S/C42H55N7O4/c1-26(2)48-25-43-35-24-34(45-38(37(35)48)44-30-12-13-30)29-11-14-33-36(21-29)49(32-22-31(23-32)46-17-5-4-6-18-46)41(52)42(33)15-19-47(20-16-42)39(50)27-7-9-28(10-8-27)40(51)53-3/h11,14,21,24-28,30-32H,4-10,12-13,15-20,22-23H2,1-3H3,(H,44,45). The Morgan fingerprint density at radius 2 is 1.62 bits per heavy atom. The Kier molecular flexibility index (Phi) is 8.98. The first-order valence-corrected chi connectivity index (χ1v) is 20.5. The molecule has 282 valence electrons. The highest BCUT2D eigenvalue weighted by atomic mass is 16.5. The van der Waals surface area contributed by atoms with Gasteiger partial charge in [0.25, 0.3) is 0 Å². The highest BCUT2D eigenvalue weighted by Crippen LogP contribution is 2.52. The van der Waals surface area contributed by atoms with E-state index in [9.17, 15) is 14.4 Å². The molecule has 3 aliphatic carbocycles. The third-order valence-electron chi connectivity index (χ3n) is 13.6. The van der Waals surface area contributed by atoms with Crippen molar-refractivity contribution in [2.75, 3.05) is 43.5 Å². The number of anilines is 2. The second-order valence-corrected chi connectivity index (χ2v) is 17.1. The summed E-state index contributed by atoms with van der Waals surface area (Å²) in [7, 11) is 1.44. The molecule has 5 fully saturated rings. The van der Waals surface area contributed by atoms with Crippen LogP contribution >= 0.6 is 0 Å². The van der Waals surface area contributed by atoms with E-state index in [0.29, 0.717) is 63.7 Å². The Morgan fingerprint density at radius 3 is 2.30 bits per heavy atom. The number of ether oxygens (including phenoxy) is 1. The number of esters is 1. The van der Waals surface area contributed by atoms with Gasteiger partial charge >= 0.3 is 5.97 Å². The molecule has 0 unspecified atom stereocenters. The molecule has 1 N–H and O–H groups in total. The first-order valence-electron chi connectivity index (χ1n) is 20.5. The maximum Gasteiger partial charge on any atom is 0.308 e. The molecule has 2 amide bonds. The molecule has 3 saturated carbocycles. The van der Waals surface area contributed by atoms with Gasteiger partial charge in [0, 0.05) is 54.4 Å². The average Bonchev–Trinajstić information content (AvgIpc) is 3.83. The first kappa shape index (κ1) is 34.8. The number of methoxy groups -OCH3 is 1. The number of fused-ring (bicyclic) bond motifs is 3. The van der Waals surface area contributed by atoms with Gasteiger partial charge in [0.15, 0.2) is 5.82 Å². The SMILES string of the molecule is COC(=O)C1CCC(C(=O)N2CCC3(CC2)C(=O)N(C2CC(N4CCCCC4)C2)c2cc(-c4cc5ncn(C(C)C)c5c(NC5CC5)n4)ccc23)CC1. The summed E-state index contributed by atoms with van der Waals surface area (Å²) >= 11 is 0. The molecule has 6 aliphatic rings. The first-order chi connectivity index (χ1) is 25.7. The molecule has 1 aromatic carbocycles. The number of hydrogen-bond donors (Lipinski definition) is 1. The minimum atomic E-state index is -0.629. The summed E-state index contributed by atoms with van der Waals surface area (Å²) in [4.78, 5) is 57.7. The van der Waals surface area contributed by atoms with E-state index in [1.807, 2.05) is 11.2 Å². The van der Waals surface area contributed by atoms with Crippen molar-refractivity contribution in [2.45, 2.75) is 127 Å². The Hall–Kier alpha value is -3.99. The topological polar surface area (TPSA) is 113 Å². The second-order valence-electron chi connectivity index (χ2n) is 17.1. The van der Waals surface area contributed by atoms with Crippen LogP contribution in [-0.4, -0.2) is 93.5 Å². The van der Waals surface area contributed by atoms with Crippen LogP contribution in [-0.2, 0) is 24.5 Å². The number of hydrogen-bond acceptors (Lipinski definition) is 8. The maximum atomic E-state index is 15.0. The third kappa shape index (κ3) is 6.11. The number of likely N-dealkylation sites (tertiary alicyclic amines) is 2. The number of carbonyl (C=O) groups excluding carboxylic acids is 3. The van der Waals surface area contributed by atoms with Crippen LogP contribution in [0.25, 0.3) is 22.3 Å². The molecule has 2 saturated heterocycles. The number of nitrogens with one attached hydrogen (secondary N) is 1. The van der Waals surface area contributed by atoms with Gasteiger partial charge in [-0.05, 0) is 122 Å². The molecule has 0 bridgehead atoms. The van der Waals surface area contributed by atoms with Crippen molar-refractivity contribution < 1.29 is 19.1 Å². The van der Waals surface area contributed by atoms with Crippen LogP contribution in [0, 0.1) is 11.8 Å². The summed E-state index contributed by atoms with van der Waals surface area (Å²) in [5.74, 6) is 0.954. The molecular weight excluding hydrogens is 667 g/mol. The molecule has 3 aromatic rings. The summed E-state index contributed by atoms with van der Waals surface area (Å²) in [5, 5.41) is 3.69. The Morgan fingerprint density at radius 1 is 0.906 bits per heavy atom. The Balaban J connectivity index is 1.01. The van der Waals surface area contributed by atoms with Gasteiger partial charge in [-0.2, -0.15) is 0 Å². The number of amides is 2. The van der Waals surface area contributed by atoms with E-state index in [1.54, 1.807) is 0 Å². The van der Waals surface area contributed by atoms with Gasteiger partial charge in [0.05, 0.1) is 36.0 Å². The smallest absolute Gasteiger partial charge is 0.308 e. The lowest BCUT2D eigenvalue weighted by molar-refractivity contribution is -0.149. The summed E-state index contributed by atoms with van der Waals surface area (Å²) in [6.45, 7) is 7.83. The van der Waals surface area contributed by atoms with E-state index < -0.39 is 5.41 Å². The van der Waals surface area contributed by atoms with Crippen LogP contribution in [0.1, 0.15) is 109 Å². The van der Waals surface area contributed by atoms with Crippen LogP contribution < -0.4 is 10.2 Å². The average molecular weight is 722 g/mol. The van der Waals surface area contributed by atoms with E-state index in [0.717, 1.165) is 65.0 Å². The molecule has 5 heterocycles. The van der Waals surface area contributed by atoms with Crippen molar-refractivity contribution in [3.8, 4) is 11.3 Å². The zero-order valence-electron chi connectivity index (χ0n) is 31.7. The lowest BCUT2D eigenvalue weighted by Gasteiger charge is -2.48. The zero-order valence-corrected chi connectivity index (χ0v) is 31.7. The Labute approximate surface area is 312 Å². The lowest BCUT2D eigenvalue weighted by atomic mass is 9.73. The summed E-state index contributed by atoms with van der Waals surface area (Å²) < 4.78 is 7.16. The van der Waals surface area contributed by atoms with Gasteiger partial charge in [-0.15, -0.1) is 0 Å². The van der Waals surface area contributed by atoms with Gasteiger partial charge in [0.1, 0.15) is 5.52 Å². The molecule has 3 aliphatic heterocycles. The van der Waals surface area contributed by atoms with E-state index in [-0.39, 0.29) is 41.7 Å². The number of rotatable bonds is 8. The monoisotopic (exact) mass is 721 g/mol. The summed E-state index contributed by atoms with van der Waals surface area (Å²) in [5.41, 5.74) is 5.35. The number of aromatic nitrogens is 3. The number of carbonyl (C=O) groups is 3. The van der Waals surface area contributed by atoms with Gasteiger partial charge in [-0.3, -0.25) is 14.4 Å². The number of nitrogens with zero attached hydrogens (tertiary/aromatic N) is 6. The van der Waals surface area contributed by atoms with Gasteiger partial charge in [0.2, 0.25) is 11.8 Å². The summed E-state index contributed by atoms with van der Waals surface area (Å²) in [6, 6.07) is 10.1. The van der Waals surface area contributed by atoms with Crippen molar-refractivity contribution in [1.29, 1.82) is 0 Å². The lowest BCUT2D eigenvalue weighted by Crippen LogP contribution is -2.58. The van der Waals surface area contributed by atoms with E-state index in [4.69, 9.17) is 14.7 Å². The Bertz CT molecular complexity index is 1890. The van der Waals surface area contributed by atoms with Crippen molar-refractivity contribution in [2.24, 2.45) is 11.8 Å². The molecule has 9 rings (SSSR count). The van der Waals surface area contributed by atoms with Gasteiger partial charge in [-0.25, -0.2) is 9.97 Å². The van der Waals surface area contributed by atoms with Crippen molar-refractivity contribution in [3.05, 3.63) is 36.2 Å². The molecule has 11 heteroatoms. The van der Waals surface area contributed by atoms with Crippen LogP contribution in [0.3, 0.4) is 0 Å². The maximum absolute atomic E-state index is 15.0. The second kappa shape index (κ2) is 13.7. The molecule has 53 heavy (non-hydrogen) atoms. The van der Waals surface area contributed by atoms with E-state index in [1.165, 1.54) is 39.5 Å². The fraction of sp³-hybridized carbons (Fsp3) is 0.643. The number of benzene rings is 1. The van der Waals surface area contributed by atoms with Gasteiger partial charge < -0.3 is 29.3 Å². The minimum Gasteiger partial charge on any atom is -0.469 e. The van der Waals surface area contributed by atoms with E-state index in [2.05, 4.69) is 57.8 Å². The largest absolute Gasteiger partial charge is 0.469 e. The van der Waals surface area contributed by atoms with Crippen molar-refractivity contribution >= 4 is 40.3 Å². The quantitative estimate of drug-likeness (QED) is 0.264. The molecule has 1 spiro atoms. The van der Waals surface area contributed by atoms with Crippen LogP contribution in [0.2, 0.25) is 0 Å². The normalized spacial score (nSPS) is 27.3. The molecule has 0 atom stereocenters. The fourth-order valence-electron chi connectivity index (χ4n) is 10.2. The highest BCUT2D eigenvalue weighted by Gasteiger charge is 2.56. The number of piperidine rings is 2. The van der Waals surface area contributed by atoms with Crippen molar-refractivity contribution in [3.63, 3.8) is 0 Å². The predicted octanol–water partition coefficient (Wildman–Crippen LogP) is 6.46. The number of pyridine rings is 1. The molecular formula is C42H55N7O4. The van der Waals surface area contributed by atoms with Crippen LogP contribution in [0.15, 0.2) is 30.6 Å². The van der Waals surface area contributed by atoms with E-state index >= 15 is 0 Å². The van der Waals surface area contributed by atoms with Crippen molar-refractivity contribution in [1.82, 2.24) is 24.3 Å². The van der Waals surface area contributed by atoms with Crippen LogP contribution in [0.4, 0.5) is 11.5 Å². The number of imidazole rings is 1. The molecule has 2 aromatic heterocycles. The minimum absolute atomic E-state index is 0.0617. The third-order valence-corrected chi connectivity index (χ3v) is 13.6. The summed E-state index contributed by atoms with van der Waals surface area (Å²) in [6.07, 6.45) is 14.2. The molecule has 11 nitrogen and oxygen atoms in total. The highest BCUT2D eigenvalue weighted by molar-refractivity contribution is 6.09.